The topological polar surface area (TPSA) is 96.4 Å². The molecule has 0 aliphatic carbocycles. The van der Waals surface area contributed by atoms with Crippen LogP contribution >= 0.6 is 0 Å². The number of fused-ring (bicyclic) bond motifs is 2. The van der Waals surface area contributed by atoms with Gasteiger partial charge in [-0.25, -0.2) is 0 Å². The fourth-order valence-electron chi connectivity index (χ4n) is 7.11. The Morgan fingerprint density at radius 2 is 1.83 bits per heavy atom. The molecule has 8 nitrogen and oxygen atoms in total. The molecule has 0 saturated carbocycles. The second kappa shape index (κ2) is 11.5. The van der Waals surface area contributed by atoms with Gasteiger partial charge in [-0.05, 0) is 62.3 Å². The molecule has 2 aromatic carbocycles. The first-order chi connectivity index (χ1) is 20.4. The number of aliphatic hydroxyl groups is 1. The maximum atomic E-state index is 14.8. The van der Waals surface area contributed by atoms with Crippen LogP contribution in [-0.2, 0) is 30.3 Å². The smallest absolute Gasteiger partial charge is 0.312 e. The van der Waals surface area contributed by atoms with Crippen LogP contribution in [0.25, 0.3) is 0 Å². The Hall–Kier alpha value is -3.75. The lowest BCUT2D eigenvalue weighted by Crippen LogP contribution is -2.58. The summed E-state index contributed by atoms with van der Waals surface area (Å²) in [5.74, 6) is -3.02. The Labute approximate surface area is 246 Å². The van der Waals surface area contributed by atoms with E-state index in [0.29, 0.717) is 6.42 Å². The van der Waals surface area contributed by atoms with Crippen molar-refractivity contribution in [1.29, 1.82) is 0 Å². The van der Waals surface area contributed by atoms with Gasteiger partial charge in [-0.15, -0.1) is 0 Å². The minimum Gasteiger partial charge on any atom is -0.465 e. The van der Waals surface area contributed by atoms with E-state index in [1.807, 2.05) is 86.7 Å². The minimum atomic E-state index is -1.39. The highest BCUT2D eigenvalue weighted by Crippen LogP contribution is 2.54. The van der Waals surface area contributed by atoms with Crippen LogP contribution in [0.4, 0.5) is 5.69 Å². The molecule has 2 aromatic rings. The van der Waals surface area contributed by atoms with Crippen molar-refractivity contribution in [3.8, 4) is 0 Å². The monoisotopic (exact) mass is 570 g/mol. The molecule has 2 fully saturated rings. The number of aryl methyl sites for hydroxylation is 2. The maximum absolute atomic E-state index is 14.8. The third-order valence-corrected chi connectivity index (χ3v) is 9.11. The predicted molar refractivity (Wildman–Crippen MR) is 158 cm³/mol. The van der Waals surface area contributed by atoms with Crippen LogP contribution in [0.5, 0.6) is 0 Å². The van der Waals surface area contributed by atoms with Gasteiger partial charge in [0, 0.05) is 12.2 Å². The van der Waals surface area contributed by atoms with Crippen LogP contribution in [0.15, 0.2) is 72.8 Å². The number of ether oxygens (including phenoxy) is 2. The lowest BCUT2D eigenvalue weighted by Gasteiger charge is -2.39. The van der Waals surface area contributed by atoms with E-state index in [1.54, 1.807) is 4.90 Å². The molecule has 220 valence electrons. The van der Waals surface area contributed by atoms with Crippen molar-refractivity contribution >= 4 is 23.5 Å². The second-order valence-electron chi connectivity index (χ2n) is 11.8. The van der Waals surface area contributed by atoms with Crippen molar-refractivity contribution in [3.63, 3.8) is 0 Å². The number of cyclic esters (lactones) is 1. The number of carbonyl (C=O) groups excluding carboxylic acids is 3. The highest BCUT2D eigenvalue weighted by molar-refractivity contribution is 6.06. The fourth-order valence-corrected chi connectivity index (χ4v) is 7.11. The molecule has 1 unspecified atom stereocenters. The van der Waals surface area contributed by atoms with Crippen molar-refractivity contribution in [3.05, 3.63) is 89.5 Å². The molecule has 4 heterocycles. The molecule has 2 amide bonds. The van der Waals surface area contributed by atoms with Gasteiger partial charge in [-0.1, -0.05) is 66.8 Å². The van der Waals surface area contributed by atoms with Gasteiger partial charge in [0.15, 0.2) is 0 Å². The zero-order chi connectivity index (χ0) is 29.4. The zero-order valence-electron chi connectivity index (χ0n) is 24.1. The molecule has 4 aliphatic rings. The number of carbonyl (C=O) groups is 3. The summed E-state index contributed by atoms with van der Waals surface area (Å²) in [6, 6.07) is 13.8. The number of anilines is 1. The first-order valence-electron chi connectivity index (χ1n) is 14.9. The number of likely N-dealkylation sites (tertiary alicyclic amines) is 1. The molecule has 0 bridgehead atoms. The van der Waals surface area contributed by atoms with Crippen molar-refractivity contribution < 1.29 is 29.0 Å². The molecule has 8 heteroatoms. The van der Waals surface area contributed by atoms with Crippen LogP contribution < -0.4 is 4.90 Å². The summed E-state index contributed by atoms with van der Waals surface area (Å²) in [4.78, 5) is 46.2. The fraction of sp³-hybridized carbons (Fsp3) is 0.441. The summed E-state index contributed by atoms with van der Waals surface area (Å²) < 4.78 is 12.4. The van der Waals surface area contributed by atoms with Gasteiger partial charge in [0.1, 0.15) is 17.6 Å². The number of benzene rings is 2. The van der Waals surface area contributed by atoms with E-state index < -0.39 is 41.6 Å². The van der Waals surface area contributed by atoms with E-state index in [9.17, 15) is 19.5 Å². The largest absolute Gasteiger partial charge is 0.465 e. The number of hydrogen-bond donors (Lipinski definition) is 1. The van der Waals surface area contributed by atoms with Crippen molar-refractivity contribution in [2.24, 2.45) is 11.8 Å². The number of amides is 2. The molecule has 42 heavy (non-hydrogen) atoms. The van der Waals surface area contributed by atoms with Crippen LogP contribution in [0.2, 0.25) is 0 Å². The van der Waals surface area contributed by atoms with E-state index in [4.69, 9.17) is 9.47 Å². The van der Waals surface area contributed by atoms with Crippen LogP contribution in [0.1, 0.15) is 36.0 Å². The summed E-state index contributed by atoms with van der Waals surface area (Å²) in [6.45, 7) is 4.15. The lowest BCUT2D eigenvalue weighted by atomic mass is 9.78. The molecule has 0 radical (unpaired) electrons. The summed E-state index contributed by atoms with van der Waals surface area (Å²) in [7, 11) is 0. The molecule has 6 atom stereocenters. The molecule has 6 rings (SSSR count). The van der Waals surface area contributed by atoms with Crippen molar-refractivity contribution in [2.45, 2.75) is 63.3 Å². The molecular formula is C34H38N2O6. The van der Waals surface area contributed by atoms with Gasteiger partial charge in [0.2, 0.25) is 5.91 Å². The summed E-state index contributed by atoms with van der Waals surface area (Å²) in [5.41, 5.74) is 2.24. The van der Waals surface area contributed by atoms with Gasteiger partial charge in [-0.3, -0.25) is 14.4 Å². The third kappa shape index (κ3) is 4.76. The molecule has 1 N–H and O–H groups in total. The number of nitrogens with zero attached hydrogens (tertiary/aromatic N) is 2. The summed E-state index contributed by atoms with van der Waals surface area (Å²) in [6.07, 6.45) is 9.63. The zero-order valence-corrected chi connectivity index (χ0v) is 24.1. The standard InChI is InChI=1S/C34H38N2O6/c1-22-14-15-23(2)26(19-22)35-17-10-16-34-29(28-27(42-34)13-8-3-4-9-18-41-33(28)40)31(38)36(30(34)32(35)39)25(21-37)20-24-11-6-5-7-12-24/h5-8,10-16,19,25,27-30,37H,3-4,9,17-18,20-21H2,1-2H3/b13-8-/t25-,27+,28-,29+,30?,34+/m1/s1. The average Bonchev–Trinajstić information content (AvgIpc) is 3.38. The highest BCUT2D eigenvalue weighted by Gasteiger charge is 2.72. The average molecular weight is 571 g/mol. The van der Waals surface area contributed by atoms with E-state index >= 15 is 0 Å². The van der Waals surface area contributed by atoms with E-state index in [0.717, 1.165) is 41.6 Å². The quantitative estimate of drug-likeness (QED) is 0.435. The predicted octanol–water partition coefficient (Wildman–Crippen LogP) is 3.67. The highest BCUT2D eigenvalue weighted by atomic mass is 16.6. The van der Waals surface area contributed by atoms with E-state index in [1.165, 1.54) is 4.90 Å². The van der Waals surface area contributed by atoms with Crippen LogP contribution in [0, 0.1) is 25.7 Å². The van der Waals surface area contributed by atoms with Gasteiger partial charge in [0.05, 0.1) is 31.3 Å². The first-order valence-corrected chi connectivity index (χ1v) is 14.9. The lowest BCUT2D eigenvalue weighted by molar-refractivity contribution is -0.155. The second-order valence-corrected chi connectivity index (χ2v) is 11.8. The van der Waals surface area contributed by atoms with E-state index in [2.05, 4.69) is 0 Å². The molecular weight excluding hydrogens is 532 g/mol. The number of hydrogen-bond acceptors (Lipinski definition) is 6. The minimum absolute atomic E-state index is 0.277. The van der Waals surface area contributed by atoms with Crippen LogP contribution in [0.3, 0.4) is 0 Å². The summed E-state index contributed by atoms with van der Waals surface area (Å²) in [5, 5.41) is 10.7. The Balaban J connectivity index is 1.49. The Kier molecular flexibility index (Phi) is 7.77. The number of aliphatic hydroxyl groups excluding tert-OH is 1. The Morgan fingerprint density at radius 1 is 1.02 bits per heavy atom. The first kappa shape index (κ1) is 28.4. The van der Waals surface area contributed by atoms with Gasteiger partial charge in [-0.2, -0.15) is 0 Å². The molecule has 4 aliphatic heterocycles. The van der Waals surface area contributed by atoms with Crippen LogP contribution in [-0.4, -0.2) is 71.3 Å². The molecule has 0 aromatic heterocycles. The maximum Gasteiger partial charge on any atom is 0.312 e. The number of rotatable bonds is 5. The van der Waals surface area contributed by atoms with Gasteiger partial charge >= 0.3 is 5.97 Å². The van der Waals surface area contributed by atoms with Crippen molar-refractivity contribution in [1.82, 2.24) is 4.90 Å². The third-order valence-electron chi connectivity index (χ3n) is 9.11. The number of allylic oxidation sites excluding steroid dienone is 1. The van der Waals surface area contributed by atoms with Crippen molar-refractivity contribution in [2.75, 3.05) is 24.7 Å². The molecule has 2 saturated heterocycles. The SMILES string of the molecule is Cc1ccc(C)c(N2CC=C[C@]34O[C@H]5/C=C\CCCCOC(=O)[C@H]5[C@H]3C(=O)N([C@@H](CO)Cc3ccccc3)C4C2=O)c1. The normalized spacial score (nSPS) is 30.7. The molecule has 1 spiro atoms. The Bertz CT molecular complexity index is 1420. The Morgan fingerprint density at radius 3 is 2.62 bits per heavy atom. The van der Waals surface area contributed by atoms with Gasteiger partial charge in [0.25, 0.3) is 5.91 Å². The van der Waals surface area contributed by atoms with Gasteiger partial charge < -0.3 is 24.4 Å². The number of esters is 1. The summed E-state index contributed by atoms with van der Waals surface area (Å²) >= 11 is 0. The van der Waals surface area contributed by atoms with E-state index in [-0.39, 0.29) is 31.6 Å².